The fraction of sp³-hybridized carbons (Fsp3) is 0.438. The van der Waals surface area contributed by atoms with Crippen LogP contribution in [0.4, 0.5) is 4.39 Å². The largest absolute Gasteiger partial charge is 0.396 e. The number of hydrogen-bond acceptors (Lipinski definition) is 5. The Bertz CT molecular complexity index is 1470. The van der Waals surface area contributed by atoms with Crippen LogP contribution in [0.1, 0.15) is 83.9 Å². The van der Waals surface area contributed by atoms with E-state index in [1.54, 1.807) is 24.3 Å². The van der Waals surface area contributed by atoms with Gasteiger partial charge < -0.3 is 15.3 Å². The summed E-state index contributed by atoms with van der Waals surface area (Å²) >= 11 is 0. The number of H-pyrrole nitrogens is 1. The van der Waals surface area contributed by atoms with E-state index in [0.717, 1.165) is 35.2 Å². The highest BCUT2D eigenvalue weighted by Crippen LogP contribution is 2.45. The van der Waals surface area contributed by atoms with Crippen molar-refractivity contribution in [3.05, 3.63) is 98.2 Å². The number of aromatic nitrogens is 2. The van der Waals surface area contributed by atoms with Crippen LogP contribution in [0.2, 0.25) is 0 Å². The first-order valence-electron chi connectivity index (χ1n) is 14.1. The molecule has 1 aliphatic heterocycles. The Hall–Kier alpha value is -3.85. The lowest BCUT2D eigenvalue weighted by molar-refractivity contribution is -0.135. The van der Waals surface area contributed by atoms with Gasteiger partial charge in [0.2, 0.25) is 5.91 Å². The summed E-state index contributed by atoms with van der Waals surface area (Å²) in [6.45, 7) is 7.75. The second kappa shape index (κ2) is 12.8. The predicted octanol–water partition coefficient (Wildman–Crippen LogP) is 4.38. The highest BCUT2D eigenvalue weighted by Gasteiger charge is 2.44. The third-order valence-electron chi connectivity index (χ3n) is 8.18. The van der Waals surface area contributed by atoms with Gasteiger partial charge >= 0.3 is 0 Å². The maximum Gasteiger partial charge on any atom is 0.267 e. The van der Waals surface area contributed by atoms with E-state index < -0.39 is 0 Å². The van der Waals surface area contributed by atoms with E-state index in [4.69, 9.17) is 0 Å². The molecule has 4 rings (SSSR count). The topological polar surface area (TPSA) is 115 Å². The number of aryl methyl sites for hydroxylation is 2. The molecule has 2 heterocycles. The quantitative estimate of drug-likeness (QED) is 0.339. The first-order chi connectivity index (χ1) is 19.5. The number of halogens is 1. The van der Waals surface area contributed by atoms with Crippen LogP contribution < -0.4 is 10.9 Å². The molecule has 3 N–H and O–H groups in total. The van der Waals surface area contributed by atoms with E-state index >= 15 is 0 Å². The predicted molar refractivity (Wildman–Crippen MR) is 155 cm³/mol. The van der Waals surface area contributed by atoms with Crippen LogP contribution in [-0.4, -0.2) is 51.2 Å². The molecule has 9 heteroatoms. The number of rotatable bonds is 10. The Morgan fingerprint density at radius 3 is 2.61 bits per heavy atom. The molecule has 8 nitrogen and oxygen atoms in total. The Morgan fingerprint density at radius 2 is 1.90 bits per heavy atom. The number of carbonyl (C=O) groups excluding carboxylic acids is 2. The maximum atomic E-state index is 14.1. The number of hydrogen-bond donors (Lipinski definition) is 3. The first kappa shape index (κ1) is 30.1. The number of aliphatic hydroxyl groups is 1. The van der Waals surface area contributed by atoms with Gasteiger partial charge in [-0.05, 0) is 92.0 Å². The molecule has 0 unspecified atom stereocenters. The van der Waals surface area contributed by atoms with E-state index in [0.29, 0.717) is 30.4 Å². The van der Waals surface area contributed by atoms with Crippen molar-refractivity contribution in [2.24, 2.45) is 5.41 Å². The molecule has 0 saturated carbocycles. The van der Waals surface area contributed by atoms with Crippen molar-refractivity contribution in [2.45, 2.75) is 71.9 Å². The van der Waals surface area contributed by atoms with Gasteiger partial charge in [-0.3, -0.25) is 14.4 Å². The van der Waals surface area contributed by atoms with Crippen molar-refractivity contribution in [1.82, 2.24) is 20.4 Å². The molecular formula is C32H39FN4O4. The number of aliphatic hydroxyl groups excluding tert-OH is 1. The van der Waals surface area contributed by atoms with Crippen LogP contribution in [-0.2, 0) is 11.2 Å². The highest BCUT2D eigenvalue weighted by molar-refractivity contribution is 5.96. The second-order valence-electron chi connectivity index (χ2n) is 11.6. The van der Waals surface area contributed by atoms with Gasteiger partial charge in [0.25, 0.3) is 11.5 Å². The van der Waals surface area contributed by atoms with Crippen LogP contribution in [0.5, 0.6) is 0 Å². The highest BCUT2D eigenvalue weighted by atomic mass is 19.1. The number of benzene rings is 2. The summed E-state index contributed by atoms with van der Waals surface area (Å²) in [5, 5.41) is 18.6. The van der Waals surface area contributed by atoms with E-state index in [1.807, 2.05) is 30.9 Å². The van der Waals surface area contributed by atoms with Crippen molar-refractivity contribution in [3.8, 4) is 0 Å². The van der Waals surface area contributed by atoms with E-state index in [1.165, 1.54) is 12.1 Å². The average Bonchev–Trinajstić information content (AvgIpc) is 3.40. The Morgan fingerprint density at radius 1 is 1.12 bits per heavy atom. The normalized spacial score (nSPS) is 17.1. The number of carbonyl (C=O) groups is 2. The summed E-state index contributed by atoms with van der Waals surface area (Å²) in [6, 6.07) is 12.9. The zero-order chi connectivity index (χ0) is 29.7. The molecule has 1 aliphatic rings. The summed E-state index contributed by atoms with van der Waals surface area (Å²) in [5.74, 6) is -0.954. The molecule has 0 spiro atoms. The number of nitrogens with zero attached hydrogens (tertiary/aromatic N) is 2. The van der Waals surface area contributed by atoms with Crippen LogP contribution in [0.25, 0.3) is 0 Å². The van der Waals surface area contributed by atoms with E-state index in [9.17, 15) is 23.9 Å². The van der Waals surface area contributed by atoms with Gasteiger partial charge in [0.15, 0.2) is 0 Å². The van der Waals surface area contributed by atoms with Crippen molar-refractivity contribution in [3.63, 3.8) is 0 Å². The lowest BCUT2D eigenvalue weighted by atomic mass is 9.79. The summed E-state index contributed by atoms with van der Waals surface area (Å²) < 4.78 is 14.1. The van der Waals surface area contributed by atoms with E-state index in [2.05, 4.69) is 29.4 Å². The van der Waals surface area contributed by atoms with Crippen LogP contribution in [0.15, 0.2) is 53.3 Å². The molecule has 41 heavy (non-hydrogen) atoms. The lowest BCUT2D eigenvalue weighted by Crippen LogP contribution is -2.49. The van der Waals surface area contributed by atoms with Crippen LogP contribution in [0, 0.1) is 25.1 Å². The number of amides is 2. The van der Waals surface area contributed by atoms with Gasteiger partial charge in [-0.15, -0.1) is 0 Å². The molecule has 1 saturated heterocycles. The van der Waals surface area contributed by atoms with Crippen molar-refractivity contribution >= 4 is 11.8 Å². The van der Waals surface area contributed by atoms with Crippen molar-refractivity contribution in [2.75, 3.05) is 13.2 Å². The van der Waals surface area contributed by atoms with Gasteiger partial charge in [-0.1, -0.05) is 32.0 Å². The van der Waals surface area contributed by atoms with Crippen molar-refractivity contribution in [1.29, 1.82) is 0 Å². The number of aromatic amines is 1. The molecule has 1 fully saturated rings. The summed E-state index contributed by atoms with van der Waals surface area (Å²) in [5.41, 5.74) is 3.72. The average molecular weight is 563 g/mol. The maximum absolute atomic E-state index is 14.1. The smallest absolute Gasteiger partial charge is 0.267 e. The fourth-order valence-corrected chi connectivity index (χ4v) is 5.95. The zero-order valence-corrected chi connectivity index (χ0v) is 24.2. The van der Waals surface area contributed by atoms with Crippen LogP contribution >= 0.6 is 0 Å². The molecule has 2 atom stereocenters. The van der Waals surface area contributed by atoms with Gasteiger partial charge in [0, 0.05) is 30.2 Å². The summed E-state index contributed by atoms with van der Waals surface area (Å²) in [7, 11) is 0. The van der Waals surface area contributed by atoms with Crippen molar-refractivity contribution < 1.29 is 19.1 Å². The molecule has 3 aromatic rings. The van der Waals surface area contributed by atoms with Gasteiger partial charge in [-0.2, -0.15) is 5.10 Å². The minimum Gasteiger partial charge on any atom is -0.396 e. The lowest BCUT2D eigenvalue weighted by Gasteiger charge is -2.40. The molecule has 2 amide bonds. The molecular weight excluding hydrogens is 523 g/mol. The SMILES string of the molecule is Cc1cc(Cc2ccc(C(=O)NCC(=O)N3[C@H](c4cccc(F)c4)CC[C@@H]3C(C)(C)CCCO)cc2C)c(=O)[nH]n1. The summed E-state index contributed by atoms with van der Waals surface area (Å²) in [4.78, 5) is 40.7. The Balaban J connectivity index is 1.49. The molecule has 2 aromatic carbocycles. The zero-order valence-electron chi connectivity index (χ0n) is 24.2. The second-order valence-corrected chi connectivity index (χ2v) is 11.6. The third-order valence-corrected chi connectivity index (χ3v) is 8.18. The third kappa shape index (κ3) is 7.08. The Kier molecular flexibility index (Phi) is 9.38. The van der Waals surface area contributed by atoms with Gasteiger partial charge in [0.05, 0.1) is 18.3 Å². The number of likely N-dealkylation sites (tertiary alicyclic amines) is 1. The minimum absolute atomic E-state index is 0.0738. The monoisotopic (exact) mass is 562 g/mol. The molecule has 0 aliphatic carbocycles. The molecule has 0 radical (unpaired) electrons. The van der Waals surface area contributed by atoms with Gasteiger partial charge in [-0.25, -0.2) is 9.49 Å². The molecule has 218 valence electrons. The van der Waals surface area contributed by atoms with Gasteiger partial charge in [0.1, 0.15) is 5.82 Å². The molecule has 1 aromatic heterocycles. The fourth-order valence-electron chi connectivity index (χ4n) is 5.95. The number of nitrogens with one attached hydrogen (secondary N) is 2. The molecule has 0 bridgehead atoms. The first-order valence-corrected chi connectivity index (χ1v) is 14.1. The van der Waals surface area contributed by atoms with E-state index in [-0.39, 0.29) is 53.8 Å². The standard InChI is InChI=1S/C32H39FN4O4/c1-20-15-24(10-9-22(20)17-25-16-21(2)35-36-31(25)41)30(40)34-19-29(39)37-27(23-7-5-8-26(33)18-23)11-12-28(37)32(3,4)13-6-14-38/h5,7-10,15-16,18,27-28,38H,6,11-14,17,19H2,1-4H3,(H,34,40)(H,36,41)/t27-,28+/m0/s1. The summed E-state index contributed by atoms with van der Waals surface area (Å²) in [6.07, 6.45) is 3.21. The van der Waals surface area contributed by atoms with Crippen LogP contribution in [0.3, 0.4) is 0 Å². The Labute approximate surface area is 240 Å². The minimum atomic E-state index is -0.372.